The molecular formula is C13H22. The zero-order valence-electron chi connectivity index (χ0n) is 9.27. The van der Waals surface area contributed by atoms with Gasteiger partial charge in [0.05, 0.1) is 0 Å². The minimum Gasteiger partial charge on any atom is -0.100 e. The van der Waals surface area contributed by atoms with Crippen molar-refractivity contribution in [3.05, 3.63) is 12.2 Å². The van der Waals surface area contributed by atoms with Crippen LogP contribution in [-0.2, 0) is 0 Å². The van der Waals surface area contributed by atoms with E-state index in [1.54, 1.807) is 0 Å². The summed E-state index contributed by atoms with van der Waals surface area (Å²) in [6.07, 6.45) is 5.76. The highest BCUT2D eigenvalue weighted by Gasteiger charge is 2.51. The van der Waals surface area contributed by atoms with Crippen LogP contribution in [0.25, 0.3) is 0 Å². The largest absolute Gasteiger partial charge is 0.100 e. The molecule has 0 N–H and O–H groups in total. The minimum absolute atomic E-state index is 0.599. The molecule has 0 heterocycles. The zero-order chi connectivity index (χ0) is 9.64. The summed E-state index contributed by atoms with van der Waals surface area (Å²) < 4.78 is 0. The van der Waals surface area contributed by atoms with Crippen LogP contribution in [0.5, 0.6) is 0 Å². The van der Waals surface area contributed by atoms with Gasteiger partial charge in [-0.15, -0.1) is 6.58 Å². The molecule has 3 unspecified atom stereocenters. The second-order valence-corrected chi connectivity index (χ2v) is 5.86. The van der Waals surface area contributed by atoms with Gasteiger partial charge in [-0.25, -0.2) is 0 Å². The summed E-state index contributed by atoms with van der Waals surface area (Å²) in [4.78, 5) is 0. The van der Waals surface area contributed by atoms with Gasteiger partial charge in [-0.1, -0.05) is 19.4 Å². The predicted molar refractivity (Wildman–Crippen MR) is 57.5 cm³/mol. The average molecular weight is 178 g/mol. The van der Waals surface area contributed by atoms with Crippen molar-refractivity contribution in [2.75, 3.05) is 0 Å². The van der Waals surface area contributed by atoms with Crippen LogP contribution in [0.2, 0.25) is 0 Å². The molecule has 2 aliphatic rings. The van der Waals surface area contributed by atoms with E-state index in [1.165, 1.54) is 31.3 Å². The summed E-state index contributed by atoms with van der Waals surface area (Å²) in [5, 5.41) is 0. The van der Waals surface area contributed by atoms with E-state index in [0.29, 0.717) is 5.41 Å². The van der Waals surface area contributed by atoms with Gasteiger partial charge in [-0.05, 0) is 55.8 Å². The van der Waals surface area contributed by atoms with Crippen molar-refractivity contribution in [2.24, 2.45) is 23.2 Å². The van der Waals surface area contributed by atoms with Crippen LogP contribution in [0.3, 0.4) is 0 Å². The van der Waals surface area contributed by atoms with E-state index in [-0.39, 0.29) is 0 Å². The van der Waals surface area contributed by atoms with Crippen LogP contribution >= 0.6 is 0 Å². The smallest absolute Gasteiger partial charge is 0.0289 e. The van der Waals surface area contributed by atoms with Gasteiger partial charge in [0, 0.05) is 0 Å². The van der Waals surface area contributed by atoms with Gasteiger partial charge in [0.15, 0.2) is 0 Å². The molecule has 13 heavy (non-hydrogen) atoms. The quantitative estimate of drug-likeness (QED) is 0.560. The van der Waals surface area contributed by atoms with E-state index in [9.17, 15) is 0 Å². The van der Waals surface area contributed by atoms with E-state index in [1.807, 2.05) is 0 Å². The summed E-state index contributed by atoms with van der Waals surface area (Å²) in [6.45, 7) is 11.2. The van der Waals surface area contributed by atoms with Crippen LogP contribution in [0, 0.1) is 23.2 Å². The van der Waals surface area contributed by atoms with Gasteiger partial charge in [-0.2, -0.15) is 0 Å². The molecule has 3 atom stereocenters. The highest BCUT2D eigenvalue weighted by Crippen LogP contribution is 2.60. The molecule has 2 fully saturated rings. The Balaban J connectivity index is 2.14. The number of fused-ring (bicyclic) bond motifs is 2. The first-order valence-corrected chi connectivity index (χ1v) is 5.66. The molecular weight excluding hydrogens is 156 g/mol. The number of rotatable bonds is 2. The topological polar surface area (TPSA) is 0 Å². The Hall–Kier alpha value is -0.260. The fourth-order valence-electron chi connectivity index (χ4n) is 3.77. The second kappa shape index (κ2) is 2.87. The van der Waals surface area contributed by atoms with Crippen molar-refractivity contribution in [3.63, 3.8) is 0 Å². The molecule has 2 bridgehead atoms. The number of hydrogen-bond donors (Lipinski definition) is 0. The Kier molecular flexibility index (Phi) is 2.05. The van der Waals surface area contributed by atoms with Gasteiger partial charge in [0.25, 0.3) is 0 Å². The van der Waals surface area contributed by atoms with Crippen LogP contribution in [-0.4, -0.2) is 0 Å². The van der Waals surface area contributed by atoms with E-state index in [0.717, 1.165) is 17.8 Å². The zero-order valence-corrected chi connectivity index (χ0v) is 9.27. The van der Waals surface area contributed by atoms with Crippen molar-refractivity contribution in [1.82, 2.24) is 0 Å². The molecule has 0 aromatic heterocycles. The van der Waals surface area contributed by atoms with E-state index < -0.39 is 0 Å². The Morgan fingerprint density at radius 3 is 2.54 bits per heavy atom. The predicted octanol–water partition coefficient (Wildman–Crippen LogP) is 4.02. The minimum atomic E-state index is 0.599. The molecule has 0 aromatic rings. The molecule has 0 amide bonds. The van der Waals surface area contributed by atoms with Gasteiger partial charge < -0.3 is 0 Å². The third-order valence-corrected chi connectivity index (χ3v) is 4.62. The molecule has 0 heteroatoms. The molecule has 2 rings (SSSR count). The highest BCUT2D eigenvalue weighted by molar-refractivity contribution is 5.06. The Morgan fingerprint density at radius 1 is 1.38 bits per heavy atom. The van der Waals surface area contributed by atoms with Gasteiger partial charge >= 0.3 is 0 Å². The maximum absolute atomic E-state index is 4.07. The maximum atomic E-state index is 4.07. The molecule has 0 saturated heterocycles. The lowest BCUT2D eigenvalue weighted by atomic mass is 9.67. The van der Waals surface area contributed by atoms with Gasteiger partial charge in [0.2, 0.25) is 0 Å². The first-order valence-electron chi connectivity index (χ1n) is 5.66. The normalized spacial score (nSPS) is 41.0. The number of hydrogen-bond acceptors (Lipinski definition) is 0. The van der Waals surface area contributed by atoms with Gasteiger partial charge in [0.1, 0.15) is 0 Å². The van der Waals surface area contributed by atoms with E-state index in [2.05, 4.69) is 27.4 Å². The standard InChI is InChI=1S/C13H22/c1-9(2)7-12-10-5-6-11(8-10)13(12,3)4/h10-12H,1,5-8H2,2-4H3. The summed E-state index contributed by atoms with van der Waals surface area (Å²) in [6, 6.07) is 0. The monoisotopic (exact) mass is 178 g/mol. The van der Waals surface area contributed by atoms with Crippen molar-refractivity contribution in [3.8, 4) is 0 Å². The third-order valence-electron chi connectivity index (χ3n) is 4.62. The molecule has 2 aliphatic carbocycles. The summed E-state index contributed by atoms with van der Waals surface area (Å²) in [7, 11) is 0. The first kappa shape index (κ1) is 9.30. The van der Waals surface area contributed by atoms with Crippen molar-refractivity contribution < 1.29 is 0 Å². The Bertz CT molecular complexity index is 224. The Morgan fingerprint density at radius 2 is 2.08 bits per heavy atom. The van der Waals surface area contributed by atoms with Crippen LogP contribution in [0.1, 0.15) is 46.5 Å². The maximum Gasteiger partial charge on any atom is -0.0289 e. The molecule has 0 nitrogen and oxygen atoms in total. The highest BCUT2D eigenvalue weighted by atomic mass is 14.6. The van der Waals surface area contributed by atoms with Gasteiger partial charge in [-0.3, -0.25) is 0 Å². The van der Waals surface area contributed by atoms with E-state index >= 15 is 0 Å². The lowest BCUT2D eigenvalue weighted by Crippen LogP contribution is -2.30. The fraction of sp³-hybridized carbons (Fsp3) is 0.846. The lowest BCUT2D eigenvalue weighted by molar-refractivity contribution is 0.122. The number of allylic oxidation sites excluding steroid dienone is 1. The summed E-state index contributed by atoms with van der Waals surface area (Å²) >= 11 is 0. The van der Waals surface area contributed by atoms with Crippen molar-refractivity contribution in [1.29, 1.82) is 0 Å². The van der Waals surface area contributed by atoms with Crippen molar-refractivity contribution in [2.45, 2.75) is 46.5 Å². The summed E-state index contributed by atoms with van der Waals surface area (Å²) in [5.41, 5.74) is 1.98. The molecule has 0 radical (unpaired) electrons. The van der Waals surface area contributed by atoms with Crippen LogP contribution < -0.4 is 0 Å². The fourth-order valence-corrected chi connectivity index (χ4v) is 3.77. The lowest BCUT2D eigenvalue weighted by Gasteiger charge is -2.38. The Labute approximate surface area is 82.4 Å². The second-order valence-electron chi connectivity index (χ2n) is 5.86. The van der Waals surface area contributed by atoms with Crippen molar-refractivity contribution >= 4 is 0 Å². The molecule has 0 spiro atoms. The SMILES string of the molecule is C=C(C)CC1C2CCC(C2)C1(C)C. The summed E-state index contributed by atoms with van der Waals surface area (Å²) in [5.74, 6) is 2.97. The molecule has 0 aromatic carbocycles. The molecule has 74 valence electrons. The van der Waals surface area contributed by atoms with E-state index in [4.69, 9.17) is 0 Å². The molecule has 2 saturated carbocycles. The molecule has 0 aliphatic heterocycles. The third kappa shape index (κ3) is 1.35. The van der Waals surface area contributed by atoms with Crippen LogP contribution in [0.4, 0.5) is 0 Å². The van der Waals surface area contributed by atoms with Crippen LogP contribution in [0.15, 0.2) is 12.2 Å². The first-order chi connectivity index (χ1) is 6.01. The average Bonchev–Trinajstić information content (AvgIpc) is 2.53.